The number of nitro groups is 1. The van der Waals surface area contributed by atoms with Crippen molar-refractivity contribution in [2.75, 3.05) is 6.61 Å². The van der Waals surface area contributed by atoms with Gasteiger partial charge in [0.1, 0.15) is 12.4 Å². The van der Waals surface area contributed by atoms with Crippen LogP contribution in [0.3, 0.4) is 0 Å². The summed E-state index contributed by atoms with van der Waals surface area (Å²) in [6, 6.07) is 11.3. The summed E-state index contributed by atoms with van der Waals surface area (Å²) >= 11 is 3.32. The van der Waals surface area contributed by atoms with E-state index in [1.165, 1.54) is 24.4 Å². The molecule has 0 unspecified atom stereocenters. The summed E-state index contributed by atoms with van der Waals surface area (Å²) in [5.41, 5.74) is 3.41. The minimum atomic E-state index is -0.533. The van der Waals surface area contributed by atoms with Crippen LogP contribution in [0.1, 0.15) is 11.1 Å². The fourth-order valence-electron chi connectivity index (χ4n) is 2.00. The summed E-state index contributed by atoms with van der Waals surface area (Å²) in [5, 5.41) is 14.7. The first-order valence-electron chi connectivity index (χ1n) is 7.40. The average Bonchev–Trinajstić information content (AvgIpc) is 2.62. The van der Waals surface area contributed by atoms with Crippen LogP contribution in [0.25, 0.3) is 0 Å². The number of hydrogen-bond donors (Lipinski definition) is 1. The monoisotopic (exact) mass is 415 g/mol. The number of non-ortho nitro benzene ring substituents is 1. The summed E-state index contributed by atoms with van der Waals surface area (Å²) in [6.07, 6.45) is 6.58. The maximum Gasteiger partial charge on any atom is 0.270 e. The van der Waals surface area contributed by atoms with Gasteiger partial charge in [-0.05, 0) is 23.8 Å². The molecule has 7 nitrogen and oxygen atoms in total. The quantitative estimate of drug-likeness (QED) is 0.325. The lowest BCUT2D eigenvalue weighted by molar-refractivity contribution is -0.384. The first-order valence-corrected chi connectivity index (χ1v) is 8.20. The maximum atomic E-state index is 11.9. The minimum Gasteiger partial charge on any atom is -0.480 e. The van der Waals surface area contributed by atoms with E-state index in [0.717, 1.165) is 10.0 Å². The van der Waals surface area contributed by atoms with Crippen LogP contribution in [0.4, 0.5) is 5.69 Å². The van der Waals surface area contributed by atoms with Crippen LogP contribution < -0.4 is 10.2 Å². The van der Waals surface area contributed by atoms with Gasteiger partial charge in [0.15, 0.2) is 0 Å². The van der Waals surface area contributed by atoms with Crippen LogP contribution in [-0.2, 0) is 11.2 Å². The van der Waals surface area contributed by atoms with Crippen LogP contribution in [0.5, 0.6) is 5.75 Å². The Bertz CT molecular complexity index is 873. The number of rotatable bonds is 7. The van der Waals surface area contributed by atoms with Gasteiger partial charge in [0, 0.05) is 22.2 Å². The van der Waals surface area contributed by atoms with Crippen molar-refractivity contribution in [3.63, 3.8) is 0 Å². The average molecular weight is 416 g/mol. The number of benzene rings is 2. The molecule has 0 saturated carbocycles. The van der Waals surface area contributed by atoms with E-state index in [9.17, 15) is 14.9 Å². The number of nitrogens with one attached hydrogen (secondary N) is 1. The van der Waals surface area contributed by atoms with Crippen molar-refractivity contribution >= 4 is 33.7 Å². The third kappa shape index (κ3) is 5.72. The molecular formula is C18H14BrN3O4. The second kappa shape index (κ2) is 9.34. The van der Waals surface area contributed by atoms with Gasteiger partial charge in [-0.1, -0.05) is 34.0 Å². The number of terminal acetylenes is 1. The van der Waals surface area contributed by atoms with Crippen molar-refractivity contribution in [1.82, 2.24) is 5.43 Å². The lowest BCUT2D eigenvalue weighted by Crippen LogP contribution is -2.19. The number of halogens is 1. The molecule has 1 N–H and O–H groups in total. The van der Waals surface area contributed by atoms with Crippen molar-refractivity contribution in [3.05, 3.63) is 68.2 Å². The lowest BCUT2D eigenvalue weighted by atomic mass is 10.1. The van der Waals surface area contributed by atoms with E-state index in [2.05, 4.69) is 32.4 Å². The van der Waals surface area contributed by atoms with Gasteiger partial charge in [-0.25, -0.2) is 5.43 Å². The predicted octanol–water partition coefficient (Wildman–Crippen LogP) is 3.06. The van der Waals surface area contributed by atoms with Gasteiger partial charge in [0.05, 0.1) is 17.6 Å². The van der Waals surface area contributed by atoms with Crippen LogP contribution >= 0.6 is 15.9 Å². The Morgan fingerprint density at radius 3 is 2.73 bits per heavy atom. The predicted molar refractivity (Wildman–Crippen MR) is 101 cm³/mol. The minimum absolute atomic E-state index is 0.00851. The highest BCUT2D eigenvalue weighted by Crippen LogP contribution is 2.22. The smallest absolute Gasteiger partial charge is 0.270 e. The number of ether oxygens (including phenoxy) is 1. The van der Waals surface area contributed by atoms with E-state index in [-0.39, 0.29) is 24.6 Å². The summed E-state index contributed by atoms with van der Waals surface area (Å²) in [6.45, 7) is 0.00851. The molecule has 0 spiro atoms. The highest BCUT2D eigenvalue weighted by Gasteiger charge is 2.10. The Morgan fingerprint density at radius 2 is 2.08 bits per heavy atom. The van der Waals surface area contributed by atoms with Crippen molar-refractivity contribution in [2.45, 2.75) is 6.42 Å². The third-order valence-corrected chi connectivity index (χ3v) is 3.71. The Kier molecular flexibility index (Phi) is 6.88. The van der Waals surface area contributed by atoms with Gasteiger partial charge in [0.25, 0.3) is 5.69 Å². The van der Waals surface area contributed by atoms with Crippen molar-refractivity contribution < 1.29 is 14.5 Å². The largest absolute Gasteiger partial charge is 0.480 e. The normalized spacial score (nSPS) is 10.3. The number of carbonyl (C=O) groups is 1. The molecule has 0 aromatic heterocycles. The van der Waals surface area contributed by atoms with Gasteiger partial charge in [-0.2, -0.15) is 5.10 Å². The molecule has 0 atom stereocenters. The molecule has 0 heterocycles. The van der Waals surface area contributed by atoms with Crippen LogP contribution in [-0.4, -0.2) is 23.7 Å². The Labute approximate surface area is 158 Å². The van der Waals surface area contributed by atoms with Crippen molar-refractivity contribution in [2.24, 2.45) is 5.10 Å². The molecule has 0 aliphatic carbocycles. The summed E-state index contributed by atoms with van der Waals surface area (Å²) in [4.78, 5) is 22.3. The molecule has 2 aromatic rings. The molecule has 0 aliphatic rings. The van der Waals surface area contributed by atoms with Crippen LogP contribution in [0.15, 0.2) is 52.0 Å². The zero-order valence-electron chi connectivity index (χ0n) is 13.5. The fraction of sp³-hybridized carbons (Fsp3) is 0.111. The number of amides is 1. The number of hydrazone groups is 1. The van der Waals surface area contributed by atoms with E-state index >= 15 is 0 Å². The van der Waals surface area contributed by atoms with Gasteiger partial charge < -0.3 is 4.74 Å². The van der Waals surface area contributed by atoms with Gasteiger partial charge in [-0.3, -0.25) is 14.9 Å². The Morgan fingerprint density at radius 1 is 1.35 bits per heavy atom. The Balaban J connectivity index is 2.06. The summed E-state index contributed by atoms with van der Waals surface area (Å²) in [5.74, 6) is 2.33. The number of nitro benzene ring substituents is 1. The SMILES string of the molecule is C#CCOc1ccc([N+](=O)[O-])cc1/C=N\NC(=O)Cc1ccc(Br)cc1. The molecule has 0 radical (unpaired) electrons. The number of hydrogen-bond acceptors (Lipinski definition) is 5. The van der Waals surface area contributed by atoms with Gasteiger partial charge in [-0.15, -0.1) is 6.42 Å². The van der Waals surface area contributed by atoms with Crippen LogP contribution in [0, 0.1) is 22.5 Å². The van der Waals surface area contributed by atoms with Gasteiger partial charge in [0.2, 0.25) is 5.91 Å². The molecular weight excluding hydrogens is 402 g/mol. The van der Waals surface area contributed by atoms with E-state index in [1.54, 1.807) is 0 Å². The molecule has 1 amide bonds. The summed E-state index contributed by atoms with van der Waals surface area (Å²) in [7, 11) is 0. The molecule has 0 bridgehead atoms. The maximum absolute atomic E-state index is 11.9. The fourth-order valence-corrected chi connectivity index (χ4v) is 2.27. The molecule has 132 valence electrons. The topological polar surface area (TPSA) is 93.8 Å². The molecule has 2 aromatic carbocycles. The van der Waals surface area contributed by atoms with Crippen molar-refractivity contribution in [1.29, 1.82) is 0 Å². The molecule has 0 saturated heterocycles. The highest BCUT2D eigenvalue weighted by atomic mass is 79.9. The lowest BCUT2D eigenvalue weighted by Gasteiger charge is -2.06. The summed E-state index contributed by atoms with van der Waals surface area (Å²) < 4.78 is 6.24. The standard InChI is InChI=1S/C18H14BrN3O4/c1-2-9-26-17-8-7-16(22(24)25)11-14(17)12-20-21-18(23)10-13-3-5-15(19)6-4-13/h1,3-8,11-12H,9-10H2,(H,21,23)/b20-12-. The Hall–Kier alpha value is -3.18. The zero-order valence-corrected chi connectivity index (χ0v) is 15.1. The molecule has 0 fully saturated rings. The van der Waals surface area contributed by atoms with E-state index in [1.807, 2.05) is 24.3 Å². The van der Waals surface area contributed by atoms with Crippen LogP contribution in [0.2, 0.25) is 0 Å². The molecule has 2 rings (SSSR count). The molecule has 8 heteroatoms. The number of nitrogens with zero attached hydrogens (tertiary/aromatic N) is 2. The third-order valence-electron chi connectivity index (χ3n) is 3.19. The van der Waals surface area contributed by atoms with Gasteiger partial charge >= 0.3 is 0 Å². The second-order valence-electron chi connectivity index (χ2n) is 5.07. The first kappa shape index (κ1) is 19.1. The van der Waals surface area contributed by atoms with E-state index < -0.39 is 4.92 Å². The van der Waals surface area contributed by atoms with Crippen molar-refractivity contribution in [3.8, 4) is 18.1 Å². The first-order chi connectivity index (χ1) is 12.5. The van der Waals surface area contributed by atoms with E-state index in [4.69, 9.17) is 11.2 Å². The number of carbonyl (C=O) groups excluding carboxylic acids is 1. The van der Waals surface area contributed by atoms with E-state index in [0.29, 0.717) is 11.3 Å². The molecule has 26 heavy (non-hydrogen) atoms. The molecule has 0 aliphatic heterocycles. The highest BCUT2D eigenvalue weighted by molar-refractivity contribution is 9.10. The zero-order chi connectivity index (χ0) is 18.9. The second-order valence-corrected chi connectivity index (χ2v) is 5.98.